The Kier molecular flexibility index (Phi) is 6.36. The second-order valence-electron chi connectivity index (χ2n) is 7.54. The van der Waals surface area contributed by atoms with Gasteiger partial charge in [-0.25, -0.2) is 4.79 Å². The number of hydrogen-bond acceptors (Lipinski definition) is 4. The average molecular weight is 400 g/mol. The molecule has 0 aromatic heterocycles. The van der Waals surface area contributed by atoms with Gasteiger partial charge in [0.05, 0.1) is 12.1 Å². The summed E-state index contributed by atoms with van der Waals surface area (Å²) in [6.45, 7) is 5.10. The highest BCUT2D eigenvalue weighted by Gasteiger charge is 2.37. The van der Waals surface area contributed by atoms with Crippen LogP contribution in [0, 0.1) is 0 Å². The Labute approximate surface area is 161 Å². The lowest BCUT2D eigenvalue weighted by Gasteiger charge is -2.27. The number of alkyl halides is 3. The predicted octanol–water partition coefficient (Wildman–Crippen LogP) is 2.77. The molecule has 1 aromatic carbocycles. The molecule has 1 fully saturated rings. The third kappa shape index (κ3) is 5.71. The van der Waals surface area contributed by atoms with Gasteiger partial charge in [0, 0.05) is 12.1 Å². The first-order valence-corrected chi connectivity index (χ1v) is 8.86. The molecule has 1 atom stereocenters. The fraction of sp³-hybridized carbons (Fsp3) is 0.526. The molecule has 2 amide bonds. The van der Waals surface area contributed by atoms with E-state index in [9.17, 15) is 27.6 Å². The molecular weight excluding hydrogens is 377 g/mol. The van der Waals surface area contributed by atoms with E-state index in [2.05, 4.69) is 5.32 Å². The number of ether oxygens (including phenoxy) is 1. The number of carbonyl (C=O) groups excluding carboxylic acids is 3. The summed E-state index contributed by atoms with van der Waals surface area (Å²) in [7, 11) is 0. The van der Waals surface area contributed by atoms with Crippen LogP contribution >= 0.6 is 0 Å². The Hall–Kier alpha value is -2.58. The third-order valence-corrected chi connectivity index (χ3v) is 4.10. The van der Waals surface area contributed by atoms with Gasteiger partial charge in [0.1, 0.15) is 11.6 Å². The van der Waals surface area contributed by atoms with Gasteiger partial charge in [0.15, 0.2) is 0 Å². The van der Waals surface area contributed by atoms with Crippen molar-refractivity contribution in [3.63, 3.8) is 0 Å². The molecule has 1 heterocycles. The first-order valence-electron chi connectivity index (χ1n) is 8.86. The number of halogens is 3. The molecule has 1 N–H and O–H groups in total. The van der Waals surface area contributed by atoms with Crippen LogP contribution in [-0.4, -0.2) is 47.4 Å². The molecule has 1 aromatic rings. The molecule has 28 heavy (non-hydrogen) atoms. The fourth-order valence-electron chi connectivity index (χ4n) is 2.88. The van der Waals surface area contributed by atoms with Crippen LogP contribution in [0.3, 0.4) is 0 Å². The van der Waals surface area contributed by atoms with Crippen molar-refractivity contribution >= 4 is 17.8 Å². The lowest BCUT2D eigenvalue weighted by molar-refractivity contribution is -0.163. The monoisotopic (exact) mass is 400 g/mol. The van der Waals surface area contributed by atoms with E-state index in [1.165, 1.54) is 11.0 Å². The summed E-state index contributed by atoms with van der Waals surface area (Å²) in [6, 6.07) is 3.21. The van der Waals surface area contributed by atoms with Crippen molar-refractivity contribution in [1.29, 1.82) is 0 Å². The molecule has 1 aliphatic heterocycles. The van der Waals surface area contributed by atoms with Crippen molar-refractivity contribution in [1.82, 2.24) is 10.2 Å². The summed E-state index contributed by atoms with van der Waals surface area (Å²) in [4.78, 5) is 38.1. The molecule has 0 spiro atoms. The molecule has 0 radical (unpaired) electrons. The Morgan fingerprint density at radius 2 is 1.89 bits per heavy atom. The predicted molar refractivity (Wildman–Crippen MR) is 94.4 cm³/mol. The number of nitrogens with zero attached hydrogens (tertiary/aromatic N) is 1. The summed E-state index contributed by atoms with van der Waals surface area (Å²) in [5.74, 6) is -1.80. The summed E-state index contributed by atoms with van der Waals surface area (Å²) in [6.07, 6.45) is -3.48. The van der Waals surface area contributed by atoms with Gasteiger partial charge in [-0.15, -0.1) is 0 Å². The first kappa shape index (κ1) is 21.7. The van der Waals surface area contributed by atoms with Gasteiger partial charge in [-0.05, 0) is 51.8 Å². The van der Waals surface area contributed by atoms with Crippen LogP contribution in [0.25, 0.3) is 0 Å². The molecule has 1 saturated heterocycles. The van der Waals surface area contributed by atoms with Crippen molar-refractivity contribution < 1.29 is 32.3 Å². The number of benzene rings is 1. The summed E-state index contributed by atoms with van der Waals surface area (Å²) in [5.41, 5.74) is -1.84. The Balaban J connectivity index is 1.97. The van der Waals surface area contributed by atoms with Crippen molar-refractivity contribution in [3.05, 3.63) is 35.4 Å². The van der Waals surface area contributed by atoms with E-state index in [-0.39, 0.29) is 5.56 Å². The van der Waals surface area contributed by atoms with Crippen molar-refractivity contribution in [2.75, 3.05) is 13.1 Å². The summed E-state index contributed by atoms with van der Waals surface area (Å²) >= 11 is 0. The third-order valence-electron chi connectivity index (χ3n) is 4.10. The van der Waals surface area contributed by atoms with Crippen LogP contribution in [0.1, 0.15) is 49.5 Å². The van der Waals surface area contributed by atoms with E-state index < -0.39 is 47.7 Å². The van der Waals surface area contributed by atoms with E-state index in [1.54, 1.807) is 20.8 Å². The molecule has 2 rings (SSSR count). The molecule has 1 unspecified atom stereocenters. The molecule has 0 saturated carbocycles. The molecule has 1 aliphatic rings. The summed E-state index contributed by atoms with van der Waals surface area (Å²) in [5, 5.41) is 2.31. The van der Waals surface area contributed by atoms with Crippen molar-refractivity contribution in [2.45, 2.75) is 51.4 Å². The second kappa shape index (κ2) is 8.20. The standard InChI is InChI=1S/C19H23F3N2O4/c1-18(2,3)28-17(27)14-8-5-9-24(14)15(25)11-23-16(26)12-6-4-7-13(10-12)19(20,21)22/h4,6-7,10,14H,5,8-9,11H2,1-3H3,(H,23,26). The number of esters is 1. The minimum Gasteiger partial charge on any atom is -0.458 e. The van der Waals surface area contributed by atoms with Crippen molar-refractivity contribution in [2.24, 2.45) is 0 Å². The van der Waals surface area contributed by atoms with Crippen LogP contribution in [0.4, 0.5) is 13.2 Å². The number of nitrogens with one attached hydrogen (secondary N) is 1. The molecular formula is C19H23F3N2O4. The van der Waals surface area contributed by atoms with Crippen LogP contribution < -0.4 is 5.32 Å². The normalized spacial score (nSPS) is 17.4. The van der Waals surface area contributed by atoms with Crippen LogP contribution in [-0.2, 0) is 20.5 Å². The largest absolute Gasteiger partial charge is 0.458 e. The van der Waals surface area contributed by atoms with Crippen molar-refractivity contribution in [3.8, 4) is 0 Å². The first-order chi connectivity index (χ1) is 12.9. The maximum Gasteiger partial charge on any atom is 0.416 e. The van der Waals surface area contributed by atoms with Crippen LogP contribution in [0.5, 0.6) is 0 Å². The SMILES string of the molecule is CC(C)(C)OC(=O)C1CCCN1C(=O)CNC(=O)c1cccc(C(F)(F)F)c1. The van der Waals surface area contributed by atoms with E-state index in [0.717, 1.165) is 18.2 Å². The Bertz CT molecular complexity index is 756. The van der Waals surface area contributed by atoms with E-state index in [4.69, 9.17) is 4.74 Å². The fourth-order valence-corrected chi connectivity index (χ4v) is 2.88. The summed E-state index contributed by atoms with van der Waals surface area (Å²) < 4.78 is 43.6. The number of hydrogen-bond donors (Lipinski definition) is 1. The minimum absolute atomic E-state index is 0.201. The molecule has 154 valence electrons. The maximum absolute atomic E-state index is 12.7. The quantitative estimate of drug-likeness (QED) is 0.789. The Morgan fingerprint density at radius 3 is 2.50 bits per heavy atom. The minimum atomic E-state index is -4.57. The van der Waals surface area contributed by atoms with Gasteiger partial charge >= 0.3 is 12.1 Å². The Morgan fingerprint density at radius 1 is 1.21 bits per heavy atom. The lowest BCUT2D eigenvalue weighted by Crippen LogP contribution is -2.47. The van der Waals surface area contributed by atoms with Gasteiger partial charge in [-0.2, -0.15) is 13.2 Å². The van der Waals surface area contributed by atoms with E-state index in [1.807, 2.05) is 0 Å². The van der Waals surface area contributed by atoms with Gasteiger partial charge in [-0.1, -0.05) is 6.07 Å². The van der Waals surface area contributed by atoms with Gasteiger partial charge in [0.25, 0.3) is 5.91 Å². The highest BCUT2D eigenvalue weighted by molar-refractivity contribution is 5.97. The molecule has 0 bridgehead atoms. The topological polar surface area (TPSA) is 75.7 Å². The second-order valence-corrected chi connectivity index (χ2v) is 7.54. The molecule has 9 heteroatoms. The lowest BCUT2D eigenvalue weighted by atomic mass is 10.1. The van der Waals surface area contributed by atoms with Crippen LogP contribution in [0.15, 0.2) is 24.3 Å². The average Bonchev–Trinajstić information content (AvgIpc) is 3.07. The highest BCUT2D eigenvalue weighted by atomic mass is 19.4. The number of amides is 2. The zero-order valence-electron chi connectivity index (χ0n) is 15.9. The number of rotatable bonds is 4. The zero-order valence-corrected chi connectivity index (χ0v) is 15.9. The number of carbonyl (C=O) groups is 3. The highest BCUT2D eigenvalue weighted by Crippen LogP contribution is 2.29. The van der Waals surface area contributed by atoms with Crippen LogP contribution in [0.2, 0.25) is 0 Å². The van der Waals surface area contributed by atoms with Gasteiger partial charge in [-0.3, -0.25) is 9.59 Å². The van der Waals surface area contributed by atoms with E-state index in [0.29, 0.717) is 19.4 Å². The maximum atomic E-state index is 12.7. The smallest absolute Gasteiger partial charge is 0.416 e. The number of likely N-dealkylation sites (tertiary alicyclic amines) is 1. The zero-order chi connectivity index (χ0) is 21.1. The molecule has 6 nitrogen and oxygen atoms in total. The van der Waals surface area contributed by atoms with Gasteiger partial charge in [0.2, 0.25) is 5.91 Å². The van der Waals surface area contributed by atoms with Gasteiger partial charge < -0.3 is 15.0 Å². The van der Waals surface area contributed by atoms with E-state index >= 15 is 0 Å². The molecule has 0 aliphatic carbocycles.